The zero-order chi connectivity index (χ0) is 23.3. The molecule has 170 valence electrons. The summed E-state index contributed by atoms with van der Waals surface area (Å²) in [5.74, 6) is 0. The smallest absolute Gasteiger partial charge is 0.197 e. The van der Waals surface area contributed by atoms with E-state index in [2.05, 4.69) is 33.7 Å². The lowest BCUT2D eigenvalue weighted by Crippen LogP contribution is -2.34. The highest BCUT2D eigenvalue weighted by Crippen LogP contribution is 2.20. The number of benzene rings is 4. The molecule has 4 nitrogen and oxygen atoms in total. The number of aliphatic hydroxyl groups is 1. The normalized spacial score (nSPS) is 12.4. The van der Waals surface area contributed by atoms with Gasteiger partial charge in [-0.2, -0.15) is 0 Å². The van der Waals surface area contributed by atoms with Crippen LogP contribution in [-0.4, -0.2) is 27.2 Å². The molecule has 1 N–H and O–H groups in total. The molecule has 0 aliphatic heterocycles. The predicted molar refractivity (Wildman–Crippen MR) is 139 cm³/mol. The third-order valence-electron chi connectivity index (χ3n) is 6.24. The van der Waals surface area contributed by atoms with Crippen LogP contribution in [0.3, 0.4) is 0 Å². The molecule has 1 heterocycles. The Morgan fingerprint density at radius 2 is 1.09 bits per heavy atom. The first-order valence-electron chi connectivity index (χ1n) is 11.7. The summed E-state index contributed by atoms with van der Waals surface area (Å²) in [7, 11) is 0. The van der Waals surface area contributed by atoms with Gasteiger partial charge < -0.3 is 9.67 Å². The van der Waals surface area contributed by atoms with Crippen molar-refractivity contribution in [2.24, 2.45) is 0 Å². The van der Waals surface area contributed by atoms with Crippen molar-refractivity contribution < 1.29 is 5.11 Å². The molecular weight excluding hydrogens is 420 g/mol. The second-order valence-corrected chi connectivity index (χ2v) is 8.77. The second kappa shape index (κ2) is 10.0. The molecule has 0 radical (unpaired) electrons. The SMILES string of the molecule is O=c1c2ccccc2n(C[C@@H](O)CN(Cc2ccccc2)Cc2ccccc2)c2ccccc12. The summed E-state index contributed by atoms with van der Waals surface area (Å²) >= 11 is 0. The average molecular weight is 449 g/mol. The Bertz CT molecular complexity index is 1340. The van der Waals surface area contributed by atoms with E-state index >= 15 is 0 Å². The number of nitrogens with zero attached hydrogens (tertiary/aromatic N) is 2. The molecule has 5 aromatic rings. The Morgan fingerprint density at radius 3 is 1.59 bits per heavy atom. The fourth-order valence-corrected chi connectivity index (χ4v) is 4.71. The van der Waals surface area contributed by atoms with Crippen LogP contribution in [0.4, 0.5) is 0 Å². The van der Waals surface area contributed by atoms with Gasteiger partial charge in [0.1, 0.15) is 0 Å². The van der Waals surface area contributed by atoms with E-state index < -0.39 is 6.10 Å². The summed E-state index contributed by atoms with van der Waals surface area (Å²) in [4.78, 5) is 15.3. The molecule has 4 heteroatoms. The number of pyridine rings is 1. The summed E-state index contributed by atoms with van der Waals surface area (Å²) in [6.45, 7) is 2.41. The van der Waals surface area contributed by atoms with Gasteiger partial charge >= 0.3 is 0 Å². The van der Waals surface area contributed by atoms with Crippen molar-refractivity contribution in [2.45, 2.75) is 25.7 Å². The fourth-order valence-electron chi connectivity index (χ4n) is 4.71. The number of hydrogen-bond acceptors (Lipinski definition) is 3. The zero-order valence-electron chi connectivity index (χ0n) is 19.0. The van der Waals surface area contributed by atoms with Crippen LogP contribution in [0.2, 0.25) is 0 Å². The van der Waals surface area contributed by atoms with Crippen LogP contribution in [0, 0.1) is 0 Å². The fraction of sp³-hybridized carbons (Fsp3) is 0.167. The Kier molecular flexibility index (Phi) is 6.52. The van der Waals surface area contributed by atoms with Gasteiger partial charge in [-0.3, -0.25) is 9.69 Å². The molecule has 34 heavy (non-hydrogen) atoms. The van der Waals surface area contributed by atoms with Crippen LogP contribution in [0.25, 0.3) is 21.8 Å². The number of hydrogen-bond donors (Lipinski definition) is 1. The highest BCUT2D eigenvalue weighted by atomic mass is 16.3. The summed E-state index contributed by atoms with van der Waals surface area (Å²) in [6.07, 6.45) is -0.610. The zero-order valence-corrected chi connectivity index (χ0v) is 19.0. The molecule has 4 aromatic carbocycles. The maximum atomic E-state index is 13.0. The highest BCUT2D eigenvalue weighted by molar-refractivity contribution is 5.93. The van der Waals surface area contributed by atoms with Crippen molar-refractivity contribution in [1.82, 2.24) is 9.47 Å². The quantitative estimate of drug-likeness (QED) is 0.331. The minimum absolute atomic E-state index is 0.0340. The number of para-hydroxylation sites is 2. The van der Waals surface area contributed by atoms with E-state index in [4.69, 9.17) is 0 Å². The van der Waals surface area contributed by atoms with Gasteiger partial charge in [0.15, 0.2) is 5.43 Å². The molecule has 0 spiro atoms. The summed E-state index contributed by atoms with van der Waals surface area (Å²) < 4.78 is 2.08. The minimum atomic E-state index is -0.610. The molecule has 0 bridgehead atoms. The maximum Gasteiger partial charge on any atom is 0.197 e. The first-order chi connectivity index (χ1) is 16.7. The highest BCUT2D eigenvalue weighted by Gasteiger charge is 2.17. The average Bonchev–Trinajstić information content (AvgIpc) is 2.88. The van der Waals surface area contributed by atoms with E-state index in [0.717, 1.165) is 24.1 Å². The topological polar surface area (TPSA) is 45.5 Å². The molecule has 0 saturated carbocycles. The maximum absolute atomic E-state index is 13.0. The summed E-state index contributed by atoms with van der Waals surface area (Å²) in [5, 5.41) is 12.6. The Labute approximate surface area is 199 Å². The van der Waals surface area contributed by atoms with Gasteiger partial charge in [-0.1, -0.05) is 84.9 Å². The van der Waals surface area contributed by atoms with Crippen LogP contribution < -0.4 is 5.43 Å². The van der Waals surface area contributed by atoms with E-state index in [1.54, 1.807) is 0 Å². The Hall–Kier alpha value is -3.73. The van der Waals surface area contributed by atoms with Crippen molar-refractivity contribution in [2.75, 3.05) is 6.54 Å². The van der Waals surface area contributed by atoms with E-state index in [1.807, 2.05) is 84.9 Å². The van der Waals surface area contributed by atoms with Gasteiger partial charge in [0, 0.05) is 30.4 Å². The van der Waals surface area contributed by atoms with E-state index in [-0.39, 0.29) is 5.43 Å². The second-order valence-electron chi connectivity index (χ2n) is 8.77. The first-order valence-corrected chi connectivity index (χ1v) is 11.7. The van der Waals surface area contributed by atoms with Crippen molar-refractivity contribution >= 4 is 21.8 Å². The summed E-state index contributed by atoms with van der Waals surface area (Å²) in [5.41, 5.74) is 4.16. The standard InChI is InChI=1S/C30H28N2O2/c33-25(21-31(19-23-11-3-1-4-12-23)20-24-13-5-2-6-14-24)22-32-28-17-9-7-15-26(28)30(34)27-16-8-10-18-29(27)32/h1-18,25,33H,19-22H2/t25-/m0/s1. The first kappa shape index (κ1) is 22.1. The molecule has 0 unspecified atom stereocenters. The van der Waals surface area contributed by atoms with Crippen molar-refractivity contribution in [3.8, 4) is 0 Å². The number of aliphatic hydroxyl groups excluding tert-OH is 1. The summed E-state index contributed by atoms with van der Waals surface area (Å²) in [6, 6.07) is 36.0. The molecule has 1 atom stereocenters. The minimum Gasteiger partial charge on any atom is -0.390 e. The Balaban J connectivity index is 1.45. The van der Waals surface area contributed by atoms with Crippen LogP contribution >= 0.6 is 0 Å². The molecule has 0 aliphatic carbocycles. The largest absolute Gasteiger partial charge is 0.390 e. The lowest BCUT2D eigenvalue weighted by atomic mass is 10.1. The molecule has 0 aliphatic rings. The number of aromatic nitrogens is 1. The van der Waals surface area contributed by atoms with Crippen LogP contribution in [0.1, 0.15) is 11.1 Å². The van der Waals surface area contributed by atoms with Gasteiger partial charge in [-0.15, -0.1) is 0 Å². The van der Waals surface area contributed by atoms with Gasteiger partial charge in [0.05, 0.1) is 23.7 Å². The van der Waals surface area contributed by atoms with E-state index in [1.165, 1.54) is 11.1 Å². The van der Waals surface area contributed by atoms with Crippen molar-refractivity contribution in [3.63, 3.8) is 0 Å². The number of fused-ring (bicyclic) bond motifs is 2. The number of rotatable bonds is 8. The monoisotopic (exact) mass is 448 g/mol. The lowest BCUT2D eigenvalue weighted by Gasteiger charge is -2.27. The van der Waals surface area contributed by atoms with E-state index in [0.29, 0.717) is 23.9 Å². The molecule has 0 amide bonds. The lowest BCUT2D eigenvalue weighted by molar-refractivity contribution is 0.0925. The Morgan fingerprint density at radius 1 is 0.647 bits per heavy atom. The van der Waals surface area contributed by atoms with Gasteiger partial charge in [-0.25, -0.2) is 0 Å². The third kappa shape index (κ3) is 4.79. The van der Waals surface area contributed by atoms with Crippen LogP contribution in [0.5, 0.6) is 0 Å². The van der Waals surface area contributed by atoms with Gasteiger partial charge in [-0.05, 0) is 35.4 Å². The molecular formula is C30H28N2O2. The third-order valence-corrected chi connectivity index (χ3v) is 6.24. The van der Waals surface area contributed by atoms with Crippen molar-refractivity contribution in [3.05, 3.63) is 131 Å². The van der Waals surface area contributed by atoms with Gasteiger partial charge in [0.25, 0.3) is 0 Å². The van der Waals surface area contributed by atoms with Crippen LogP contribution in [-0.2, 0) is 19.6 Å². The van der Waals surface area contributed by atoms with Crippen molar-refractivity contribution in [1.29, 1.82) is 0 Å². The van der Waals surface area contributed by atoms with Crippen LogP contribution in [0.15, 0.2) is 114 Å². The molecule has 0 fully saturated rings. The molecule has 1 aromatic heterocycles. The molecule has 0 saturated heterocycles. The van der Waals surface area contributed by atoms with E-state index in [9.17, 15) is 9.90 Å². The van der Waals surface area contributed by atoms with Gasteiger partial charge in [0.2, 0.25) is 0 Å². The predicted octanol–water partition coefficient (Wildman–Crippen LogP) is 5.22. The molecule has 5 rings (SSSR count).